The number of aliphatic hydroxyl groups is 2. The van der Waals surface area contributed by atoms with Crippen LogP contribution in [0, 0.1) is 5.92 Å². The molecule has 0 aromatic heterocycles. The van der Waals surface area contributed by atoms with Gasteiger partial charge in [-0.1, -0.05) is 37.3 Å². The van der Waals surface area contributed by atoms with E-state index in [4.69, 9.17) is 5.11 Å². The van der Waals surface area contributed by atoms with Gasteiger partial charge in [0.25, 0.3) is 0 Å². The normalized spacial score (nSPS) is 24.2. The van der Waals surface area contributed by atoms with E-state index < -0.39 is 0 Å². The first kappa shape index (κ1) is 15.2. The highest BCUT2D eigenvalue weighted by atomic mass is 16.3. The molecule has 0 amide bonds. The van der Waals surface area contributed by atoms with Crippen molar-refractivity contribution >= 4 is 0 Å². The number of rotatable bonds is 2. The molecule has 0 saturated carbocycles. The van der Waals surface area contributed by atoms with Gasteiger partial charge in [-0.15, -0.1) is 0 Å². The van der Waals surface area contributed by atoms with Gasteiger partial charge in [-0.3, -0.25) is 4.90 Å². The molecule has 1 saturated heterocycles. The molecule has 1 aromatic carbocycles. The van der Waals surface area contributed by atoms with E-state index in [1.165, 1.54) is 5.56 Å². The van der Waals surface area contributed by atoms with Gasteiger partial charge in [0.05, 0.1) is 6.10 Å². The minimum atomic E-state index is -0.150. The van der Waals surface area contributed by atoms with Crippen molar-refractivity contribution in [2.75, 3.05) is 19.7 Å². The fourth-order valence-corrected chi connectivity index (χ4v) is 2.10. The molecule has 1 heterocycles. The van der Waals surface area contributed by atoms with Gasteiger partial charge in [0.1, 0.15) is 0 Å². The maximum absolute atomic E-state index is 9.78. The SMILES string of the molecule is CCO.C[C@H]1CCN(Cc2ccccc2)C[C@@H]1O. The van der Waals surface area contributed by atoms with Crippen LogP contribution in [-0.2, 0) is 6.54 Å². The van der Waals surface area contributed by atoms with Crippen LogP contribution in [0.25, 0.3) is 0 Å². The van der Waals surface area contributed by atoms with Crippen LogP contribution in [0.1, 0.15) is 25.8 Å². The summed E-state index contributed by atoms with van der Waals surface area (Å²) in [4.78, 5) is 2.33. The number of aliphatic hydroxyl groups excluding tert-OH is 2. The lowest BCUT2D eigenvalue weighted by Crippen LogP contribution is -2.42. The third kappa shape index (κ3) is 5.17. The highest BCUT2D eigenvalue weighted by molar-refractivity contribution is 5.14. The first-order valence-electron chi connectivity index (χ1n) is 6.72. The van der Waals surface area contributed by atoms with E-state index in [0.717, 1.165) is 26.1 Å². The second-order valence-corrected chi connectivity index (χ2v) is 4.87. The molecule has 18 heavy (non-hydrogen) atoms. The van der Waals surface area contributed by atoms with Gasteiger partial charge in [0.15, 0.2) is 0 Å². The standard InChI is InChI=1S/C13H19NO.C2H6O/c1-11-7-8-14(10-13(11)15)9-12-5-3-2-4-6-12;1-2-3/h2-6,11,13,15H,7-10H2,1H3;3H,2H2,1H3/t11-,13-;/m0./s1. The van der Waals surface area contributed by atoms with E-state index in [0.29, 0.717) is 5.92 Å². The van der Waals surface area contributed by atoms with Crippen molar-refractivity contribution in [2.45, 2.75) is 32.9 Å². The number of hydrogen-bond donors (Lipinski definition) is 2. The lowest BCUT2D eigenvalue weighted by Gasteiger charge is -2.34. The first-order chi connectivity index (χ1) is 8.67. The number of hydrogen-bond acceptors (Lipinski definition) is 3. The summed E-state index contributed by atoms with van der Waals surface area (Å²) in [7, 11) is 0. The molecule has 0 radical (unpaired) electrons. The fourth-order valence-electron chi connectivity index (χ4n) is 2.10. The molecule has 2 atom stereocenters. The van der Waals surface area contributed by atoms with Crippen molar-refractivity contribution in [3.63, 3.8) is 0 Å². The highest BCUT2D eigenvalue weighted by Crippen LogP contribution is 2.18. The molecule has 0 unspecified atom stereocenters. The predicted octanol–water partition coefficient (Wildman–Crippen LogP) is 1.89. The van der Waals surface area contributed by atoms with Crippen LogP contribution in [0.3, 0.4) is 0 Å². The molecule has 0 bridgehead atoms. The largest absolute Gasteiger partial charge is 0.397 e. The molecule has 2 rings (SSSR count). The van der Waals surface area contributed by atoms with Crippen molar-refractivity contribution < 1.29 is 10.2 Å². The van der Waals surface area contributed by atoms with E-state index in [-0.39, 0.29) is 12.7 Å². The van der Waals surface area contributed by atoms with Crippen molar-refractivity contribution in [1.82, 2.24) is 4.90 Å². The molecular weight excluding hydrogens is 226 g/mol. The van der Waals surface area contributed by atoms with E-state index in [9.17, 15) is 5.11 Å². The Morgan fingerprint density at radius 3 is 2.44 bits per heavy atom. The van der Waals surface area contributed by atoms with Crippen LogP contribution in [-0.4, -0.2) is 40.9 Å². The van der Waals surface area contributed by atoms with Gasteiger partial charge in [-0.2, -0.15) is 0 Å². The maximum atomic E-state index is 9.78. The Morgan fingerprint density at radius 2 is 1.89 bits per heavy atom. The van der Waals surface area contributed by atoms with Gasteiger partial charge in [-0.05, 0) is 31.4 Å². The zero-order chi connectivity index (χ0) is 13.4. The van der Waals surface area contributed by atoms with Crippen LogP contribution in [0.2, 0.25) is 0 Å². The quantitative estimate of drug-likeness (QED) is 0.843. The van der Waals surface area contributed by atoms with Crippen LogP contribution in [0.15, 0.2) is 30.3 Å². The summed E-state index contributed by atoms with van der Waals surface area (Å²) in [6, 6.07) is 10.5. The molecule has 1 aliphatic heterocycles. The molecule has 1 aromatic rings. The number of benzene rings is 1. The summed E-state index contributed by atoms with van der Waals surface area (Å²) in [6.45, 7) is 6.94. The Morgan fingerprint density at radius 1 is 1.28 bits per heavy atom. The van der Waals surface area contributed by atoms with E-state index >= 15 is 0 Å². The van der Waals surface area contributed by atoms with Gasteiger partial charge in [0.2, 0.25) is 0 Å². The number of nitrogens with zero attached hydrogens (tertiary/aromatic N) is 1. The predicted molar refractivity (Wildman–Crippen MR) is 74.3 cm³/mol. The van der Waals surface area contributed by atoms with Crippen LogP contribution in [0.5, 0.6) is 0 Å². The molecule has 0 aliphatic carbocycles. The number of β-amino-alcohol motifs (C(OH)–C–C–N with tert-alkyl or cyclic N) is 1. The third-order valence-corrected chi connectivity index (χ3v) is 3.25. The second-order valence-electron chi connectivity index (χ2n) is 4.87. The molecule has 1 aliphatic rings. The molecule has 102 valence electrons. The topological polar surface area (TPSA) is 43.7 Å². The molecule has 1 fully saturated rings. The number of piperidine rings is 1. The molecule has 3 nitrogen and oxygen atoms in total. The molecule has 3 heteroatoms. The molecule has 2 N–H and O–H groups in total. The lowest BCUT2D eigenvalue weighted by atomic mass is 9.96. The average molecular weight is 251 g/mol. The number of likely N-dealkylation sites (tertiary alicyclic amines) is 1. The Balaban J connectivity index is 0.000000492. The van der Waals surface area contributed by atoms with E-state index in [1.807, 2.05) is 6.07 Å². The van der Waals surface area contributed by atoms with Gasteiger partial charge < -0.3 is 10.2 Å². The first-order valence-corrected chi connectivity index (χ1v) is 6.72. The Hall–Kier alpha value is -0.900. The van der Waals surface area contributed by atoms with Gasteiger partial charge in [-0.25, -0.2) is 0 Å². The van der Waals surface area contributed by atoms with Gasteiger partial charge >= 0.3 is 0 Å². The summed E-state index contributed by atoms with van der Waals surface area (Å²) in [5, 5.41) is 17.4. The summed E-state index contributed by atoms with van der Waals surface area (Å²) >= 11 is 0. The minimum absolute atomic E-state index is 0.150. The summed E-state index contributed by atoms with van der Waals surface area (Å²) < 4.78 is 0. The van der Waals surface area contributed by atoms with Crippen LogP contribution >= 0.6 is 0 Å². The minimum Gasteiger partial charge on any atom is -0.397 e. The maximum Gasteiger partial charge on any atom is 0.0693 e. The molecular formula is C15H25NO2. The zero-order valence-electron chi connectivity index (χ0n) is 11.4. The second kappa shape index (κ2) is 8.25. The van der Waals surface area contributed by atoms with Crippen LogP contribution < -0.4 is 0 Å². The van der Waals surface area contributed by atoms with Crippen molar-refractivity contribution in [3.05, 3.63) is 35.9 Å². The molecule has 0 spiro atoms. The smallest absolute Gasteiger partial charge is 0.0693 e. The van der Waals surface area contributed by atoms with Crippen LogP contribution in [0.4, 0.5) is 0 Å². The zero-order valence-corrected chi connectivity index (χ0v) is 11.4. The van der Waals surface area contributed by atoms with Crippen molar-refractivity contribution in [3.8, 4) is 0 Å². The monoisotopic (exact) mass is 251 g/mol. The highest BCUT2D eigenvalue weighted by Gasteiger charge is 2.23. The summed E-state index contributed by atoms with van der Waals surface area (Å²) in [5.74, 6) is 0.456. The van der Waals surface area contributed by atoms with Gasteiger partial charge in [0, 0.05) is 19.7 Å². The average Bonchev–Trinajstić information content (AvgIpc) is 2.36. The fraction of sp³-hybridized carbons (Fsp3) is 0.600. The lowest BCUT2D eigenvalue weighted by molar-refractivity contribution is 0.0259. The van der Waals surface area contributed by atoms with E-state index in [2.05, 4.69) is 36.1 Å². The third-order valence-electron chi connectivity index (χ3n) is 3.25. The van der Waals surface area contributed by atoms with Crippen molar-refractivity contribution in [1.29, 1.82) is 0 Å². The Bertz CT molecular complexity index is 316. The Kier molecular flexibility index (Phi) is 6.94. The summed E-state index contributed by atoms with van der Waals surface area (Å²) in [6.07, 6.45) is 0.955. The van der Waals surface area contributed by atoms with Crippen molar-refractivity contribution in [2.24, 2.45) is 5.92 Å². The summed E-state index contributed by atoms with van der Waals surface area (Å²) in [5.41, 5.74) is 1.33. The Labute approximate surface area is 110 Å². The van der Waals surface area contributed by atoms with E-state index in [1.54, 1.807) is 6.92 Å².